The van der Waals surface area contributed by atoms with Crippen LogP contribution in [0.2, 0.25) is 0 Å². The molecule has 0 aromatic carbocycles. The van der Waals surface area contributed by atoms with Crippen molar-refractivity contribution >= 4 is 10.0 Å². The number of nitrogens with two attached hydrogens (primary N) is 1. The molecule has 0 unspecified atom stereocenters. The average molecular weight is 269 g/mol. The van der Waals surface area contributed by atoms with Gasteiger partial charge in [-0.15, -0.1) is 0 Å². The van der Waals surface area contributed by atoms with Crippen LogP contribution in [0.3, 0.4) is 0 Å². The number of aromatic nitrogens is 1. The molecule has 0 saturated heterocycles. The molecule has 1 aromatic rings. The third-order valence-corrected chi connectivity index (χ3v) is 5.34. The summed E-state index contributed by atoms with van der Waals surface area (Å²) in [6.07, 6.45) is 5.65. The molecule has 0 aliphatic heterocycles. The van der Waals surface area contributed by atoms with Crippen LogP contribution in [0.4, 0.5) is 0 Å². The van der Waals surface area contributed by atoms with Gasteiger partial charge in [0.25, 0.3) is 0 Å². The third kappa shape index (κ3) is 3.28. The number of nitrogens with zero attached hydrogens (tertiary/aromatic N) is 2. The molecule has 1 saturated carbocycles. The molecule has 6 heteroatoms. The molecule has 1 aliphatic carbocycles. The predicted octanol–water partition coefficient (Wildman–Crippen LogP) is 0.725. The lowest BCUT2D eigenvalue weighted by atomic mass is 10.3. The van der Waals surface area contributed by atoms with Crippen molar-refractivity contribution in [3.05, 3.63) is 30.1 Å². The van der Waals surface area contributed by atoms with E-state index < -0.39 is 10.0 Å². The van der Waals surface area contributed by atoms with Crippen LogP contribution in [0.25, 0.3) is 0 Å². The molecular formula is C12H19N3O2S. The summed E-state index contributed by atoms with van der Waals surface area (Å²) in [5.74, 6) is 0. The zero-order valence-electron chi connectivity index (χ0n) is 10.3. The maximum absolute atomic E-state index is 12.3. The Morgan fingerprint density at radius 3 is 2.78 bits per heavy atom. The zero-order valence-corrected chi connectivity index (χ0v) is 11.1. The van der Waals surface area contributed by atoms with Crippen molar-refractivity contribution in [1.82, 2.24) is 9.29 Å². The summed E-state index contributed by atoms with van der Waals surface area (Å²) < 4.78 is 26.1. The van der Waals surface area contributed by atoms with E-state index in [9.17, 15) is 8.42 Å². The minimum atomic E-state index is -3.15. The molecule has 0 radical (unpaired) electrons. The normalized spacial score (nSPS) is 16.1. The van der Waals surface area contributed by atoms with Gasteiger partial charge in [0.15, 0.2) is 0 Å². The van der Waals surface area contributed by atoms with Crippen LogP contribution in [0.15, 0.2) is 24.5 Å². The Bertz CT molecular complexity index is 471. The second-order valence-corrected chi connectivity index (χ2v) is 6.79. The highest BCUT2D eigenvalue weighted by atomic mass is 32.2. The summed E-state index contributed by atoms with van der Waals surface area (Å²) in [5.41, 5.74) is 6.39. The molecule has 2 rings (SSSR count). The highest BCUT2D eigenvalue weighted by Gasteiger charge is 2.39. The highest BCUT2D eigenvalue weighted by Crippen LogP contribution is 2.31. The maximum Gasteiger partial charge on any atom is 0.217 e. The topological polar surface area (TPSA) is 76.3 Å². The molecule has 1 fully saturated rings. The standard InChI is InChI=1S/C12H19N3O2S/c13-6-2-8-15(18(16,17)12-4-5-12)10-11-3-1-7-14-9-11/h1,3,7,9,12H,2,4-6,8,10,13H2. The molecule has 0 amide bonds. The van der Waals surface area contributed by atoms with Crippen molar-refractivity contribution in [3.8, 4) is 0 Å². The van der Waals surface area contributed by atoms with Crippen molar-refractivity contribution in [2.24, 2.45) is 5.73 Å². The SMILES string of the molecule is NCCCN(Cc1cccnc1)S(=O)(=O)C1CC1. The van der Waals surface area contributed by atoms with Crippen molar-refractivity contribution in [2.75, 3.05) is 13.1 Å². The fourth-order valence-electron chi connectivity index (χ4n) is 1.84. The second-order valence-electron chi connectivity index (χ2n) is 4.58. The fourth-order valence-corrected chi connectivity index (χ4v) is 3.70. The van der Waals surface area contributed by atoms with Crippen molar-refractivity contribution in [3.63, 3.8) is 0 Å². The van der Waals surface area contributed by atoms with E-state index in [0.29, 0.717) is 26.1 Å². The first-order valence-electron chi connectivity index (χ1n) is 6.22. The number of rotatable bonds is 7. The van der Waals surface area contributed by atoms with Gasteiger partial charge in [-0.25, -0.2) is 8.42 Å². The molecule has 0 atom stereocenters. The fraction of sp³-hybridized carbons (Fsp3) is 0.583. The lowest BCUT2D eigenvalue weighted by Crippen LogP contribution is -2.35. The molecule has 2 N–H and O–H groups in total. The van der Waals surface area contributed by atoms with E-state index in [1.54, 1.807) is 16.7 Å². The van der Waals surface area contributed by atoms with Crippen LogP contribution in [0.1, 0.15) is 24.8 Å². The van der Waals surface area contributed by atoms with Crippen LogP contribution in [0.5, 0.6) is 0 Å². The van der Waals surface area contributed by atoms with Gasteiger partial charge in [0.1, 0.15) is 0 Å². The van der Waals surface area contributed by atoms with E-state index in [-0.39, 0.29) is 5.25 Å². The monoisotopic (exact) mass is 269 g/mol. The third-order valence-electron chi connectivity index (χ3n) is 3.00. The molecule has 1 heterocycles. The first-order chi connectivity index (χ1) is 8.64. The number of hydrogen-bond donors (Lipinski definition) is 1. The maximum atomic E-state index is 12.3. The van der Waals surface area contributed by atoms with Gasteiger partial charge < -0.3 is 5.73 Å². The van der Waals surface area contributed by atoms with Crippen molar-refractivity contribution in [2.45, 2.75) is 31.1 Å². The molecule has 0 bridgehead atoms. The first kappa shape index (κ1) is 13.5. The minimum absolute atomic E-state index is 0.174. The Kier molecular flexibility index (Phi) is 4.31. The minimum Gasteiger partial charge on any atom is -0.330 e. The summed E-state index contributed by atoms with van der Waals surface area (Å²) in [5, 5.41) is -0.174. The highest BCUT2D eigenvalue weighted by molar-refractivity contribution is 7.90. The Balaban J connectivity index is 2.10. The second kappa shape index (κ2) is 5.77. The predicted molar refractivity (Wildman–Crippen MR) is 70.3 cm³/mol. The summed E-state index contributed by atoms with van der Waals surface area (Å²) in [6, 6.07) is 3.71. The van der Waals surface area contributed by atoms with Gasteiger partial charge in [-0.2, -0.15) is 4.31 Å². The van der Waals surface area contributed by atoms with E-state index in [1.807, 2.05) is 12.1 Å². The van der Waals surface area contributed by atoms with Gasteiger partial charge in [-0.1, -0.05) is 6.07 Å². The Labute approximate surface area is 108 Å². The quantitative estimate of drug-likeness (QED) is 0.791. The van der Waals surface area contributed by atoms with E-state index in [0.717, 1.165) is 18.4 Å². The molecule has 0 spiro atoms. The van der Waals surface area contributed by atoms with E-state index in [2.05, 4.69) is 4.98 Å². The average Bonchev–Trinajstić information content (AvgIpc) is 3.20. The Morgan fingerprint density at radius 1 is 1.44 bits per heavy atom. The van der Waals surface area contributed by atoms with Gasteiger partial charge in [0.05, 0.1) is 5.25 Å². The van der Waals surface area contributed by atoms with Crippen molar-refractivity contribution in [1.29, 1.82) is 0 Å². The van der Waals surface area contributed by atoms with Crippen LogP contribution in [0, 0.1) is 0 Å². The zero-order chi connectivity index (χ0) is 13.0. The van der Waals surface area contributed by atoms with Gasteiger partial charge in [0.2, 0.25) is 10.0 Å². The van der Waals surface area contributed by atoms with Crippen LogP contribution >= 0.6 is 0 Å². The first-order valence-corrected chi connectivity index (χ1v) is 7.73. The number of sulfonamides is 1. The van der Waals surface area contributed by atoms with Crippen molar-refractivity contribution < 1.29 is 8.42 Å². The molecule has 100 valence electrons. The lowest BCUT2D eigenvalue weighted by molar-refractivity contribution is 0.400. The Morgan fingerprint density at radius 2 is 2.22 bits per heavy atom. The molecule has 1 aliphatic rings. The molecular weight excluding hydrogens is 250 g/mol. The van der Waals surface area contributed by atoms with E-state index >= 15 is 0 Å². The number of hydrogen-bond acceptors (Lipinski definition) is 4. The van der Waals surface area contributed by atoms with Gasteiger partial charge in [-0.05, 0) is 37.4 Å². The largest absolute Gasteiger partial charge is 0.330 e. The summed E-state index contributed by atoms with van der Waals surface area (Å²) in [7, 11) is -3.15. The van der Waals surface area contributed by atoms with Gasteiger partial charge in [-0.3, -0.25) is 4.98 Å². The smallest absolute Gasteiger partial charge is 0.217 e. The van der Waals surface area contributed by atoms with Gasteiger partial charge in [0, 0.05) is 25.5 Å². The van der Waals surface area contributed by atoms with E-state index in [4.69, 9.17) is 5.73 Å². The van der Waals surface area contributed by atoms with Crippen LogP contribution < -0.4 is 5.73 Å². The van der Waals surface area contributed by atoms with Gasteiger partial charge >= 0.3 is 0 Å². The molecule has 5 nitrogen and oxygen atoms in total. The van der Waals surface area contributed by atoms with E-state index in [1.165, 1.54) is 0 Å². The number of pyridine rings is 1. The van der Waals surface area contributed by atoms with Crippen LogP contribution in [-0.2, 0) is 16.6 Å². The Hall–Kier alpha value is -0.980. The summed E-state index contributed by atoms with van der Waals surface area (Å²) >= 11 is 0. The lowest BCUT2D eigenvalue weighted by Gasteiger charge is -2.21. The molecule has 1 aromatic heterocycles. The summed E-state index contributed by atoms with van der Waals surface area (Å²) in [4.78, 5) is 4.01. The molecule has 18 heavy (non-hydrogen) atoms. The van der Waals surface area contributed by atoms with Crippen LogP contribution in [-0.4, -0.2) is 36.0 Å². The summed E-state index contributed by atoms with van der Waals surface area (Å²) in [6.45, 7) is 1.39.